The maximum Gasteiger partial charge on any atom is 0.221 e. The molecule has 4 atom stereocenters. The van der Waals surface area contributed by atoms with Gasteiger partial charge in [0.25, 0.3) is 0 Å². The van der Waals surface area contributed by atoms with E-state index in [1.54, 1.807) is 0 Å². The lowest BCUT2D eigenvalue weighted by Gasteiger charge is -2.47. The van der Waals surface area contributed by atoms with E-state index in [9.17, 15) is 4.79 Å². The molecule has 0 radical (unpaired) electrons. The third-order valence-corrected chi connectivity index (χ3v) is 8.70. The summed E-state index contributed by atoms with van der Waals surface area (Å²) in [5, 5.41) is 8.81. The van der Waals surface area contributed by atoms with Crippen LogP contribution in [0.3, 0.4) is 0 Å². The van der Waals surface area contributed by atoms with Gasteiger partial charge >= 0.3 is 0 Å². The summed E-state index contributed by atoms with van der Waals surface area (Å²) in [6.07, 6.45) is 10.3. The van der Waals surface area contributed by atoms with Crippen molar-refractivity contribution >= 4 is 29.1 Å². The lowest BCUT2D eigenvalue weighted by atomic mass is 9.65. The zero-order chi connectivity index (χ0) is 22.8. The summed E-state index contributed by atoms with van der Waals surface area (Å²) < 4.78 is 0. The van der Waals surface area contributed by atoms with Crippen molar-refractivity contribution in [2.75, 3.05) is 0 Å². The molecule has 0 spiro atoms. The molecule has 3 fully saturated rings. The first-order chi connectivity index (χ1) is 16.1. The van der Waals surface area contributed by atoms with Gasteiger partial charge in [-0.3, -0.25) is 4.79 Å². The molecule has 2 saturated carbocycles. The summed E-state index contributed by atoms with van der Waals surface area (Å²) in [6.45, 7) is 0. The summed E-state index contributed by atoms with van der Waals surface area (Å²) >= 11 is 12.4. The Morgan fingerprint density at radius 3 is 2.03 bits per heavy atom. The van der Waals surface area contributed by atoms with Crippen LogP contribution in [0.5, 0.6) is 0 Å². The maximum atomic E-state index is 12.5. The van der Waals surface area contributed by atoms with E-state index >= 15 is 0 Å². The van der Waals surface area contributed by atoms with Crippen molar-refractivity contribution in [2.24, 2.45) is 11.8 Å². The van der Waals surface area contributed by atoms with Crippen molar-refractivity contribution in [3.8, 4) is 0 Å². The third-order valence-electron chi connectivity index (χ3n) is 8.19. The van der Waals surface area contributed by atoms with Crippen LogP contribution in [0.4, 0.5) is 0 Å². The van der Waals surface area contributed by atoms with E-state index in [4.69, 9.17) is 23.2 Å². The number of carbonyl (C=O) groups excluding carboxylic acids is 1. The highest BCUT2D eigenvalue weighted by Crippen LogP contribution is 2.45. The second kappa shape index (κ2) is 10.4. The normalized spacial score (nSPS) is 28.4. The zero-order valence-electron chi connectivity index (χ0n) is 19.1. The standard InChI is InChI=1S/C28H34Cl2N2O/c29-21-11-6-18(7-12-21)28(19-8-13-22(30)14-9-19)20-10-15-25-24(16-20)26(17-27(33)32-25)31-23-4-2-1-3-5-23/h6-9,11-14,20,23-26,28,31H,1-5,10,15-17H2,(H,32,33). The van der Waals surface area contributed by atoms with Crippen LogP contribution in [-0.4, -0.2) is 24.0 Å². The molecule has 2 aliphatic carbocycles. The van der Waals surface area contributed by atoms with Crippen LogP contribution in [0.15, 0.2) is 48.5 Å². The summed E-state index contributed by atoms with van der Waals surface area (Å²) in [6, 6.07) is 17.8. The summed E-state index contributed by atoms with van der Waals surface area (Å²) in [5.74, 6) is 1.51. The monoisotopic (exact) mass is 484 g/mol. The highest BCUT2D eigenvalue weighted by molar-refractivity contribution is 6.30. The fraction of sp³-hybridized carbons (Fsp3) is 0.536. The minimum absolute atomic E-state index is 0.218. The van der Waals surface area contributed by atoms with Gasteiger partial charge in [-0.25, -0.2) is 0 Å². The Morgan fingerprint density at radius 2 is 1.42 bits per heavy atom. The van der Waals surface area contributed by atoms with Gasteiger partial charge < -0.3 is 10.6 Å². The average molecular weight is 485 g/mol. The van der Waals surface area contributed by atoms with Crippen molar-refractivity contribution in [1.82, 2.24) is 10.6 Å². The van der Waals surface area contributed by atoms with Crippen LogP contribution >= 0.6 is 23.2 Å². The van der Waals surface area contributed by atoms with E-state index in [1.165, 1.54) is 43.2 Å². The van der Waals surface area contributed by atoms with Gasteiger partial charge in [-0.1, -0.05) is 66.7 Å². The first-order valence-corrected chi connectivity index (χ1v) is 13.4. The van der Waals surface area contributed by atoms with Crippen LogP contribution in [-0.2, 0) is 4.79 Å². The number of halogens is 2. The van der Waals surface area contributed by atoms with E-state index in [0.29, 0.717) is 36.3 Å². The van der Waals surface area contributed by atoms with E-state index < -0.39 is 0 Å². The van der Waals surface area contributed by atoms with E-state index in [2.05, 4.69) is 34.9 Å². The number of piperidine rings is 1. The highest BCUT2D eigenvalue weighted by Gasteiger charge is 2.43. The molecular formula is C28H34Cl2N2O. The molecule has 2 aromatic rings. The van der Waals surface area contributed by atoms with Crippen LogP contribution in [0, 0.1) is 11.8 Å². The molecule has 1 aliphatic heterocycles. The first kappa shape index (κ1) is 23.2. The van der Waals surface area contributed by atoms with Crippen LogP contribution in [0.2, 0.25) is 10.0 Å². The van der Waals surface area contributed by atoms with Crippen molar-refractivity contribution in [2.45, 2.75) is 81.8 Å². The molecule has 3 aliphatic rings. The molecule has 2 aromatic carbocycles. The number of nitrogens with one attached hydrogen (secondary N) is 2. The number of carbonyl (C=O) groups is 1. The average Bonchev–Trinajstić information content (AvgIpc) is 2.82. The Hall–Kier alpha value is -1.55. The molecule has 4 unspecified atom stereocenters. The van der Waals surface area contributed by atoms with Gasteiger partial charge in [-0.2, -0.15) is 0 Å². The van der Waals surface area contributed by atoms with E-state index in [0.717, 1.165) is 29.3 Å². The largest absolute Gasteiger partial charge is 0.353 e. The van der Waals surface area contributed by atoms with Crippen molar-refractivity contribution in [3.05, 3.63) is 69.7 Å². The molecule has 5 heteroatoms. The van der Waals surface area contributed by atoms with Crippen LogP contribution in [0.25, 0.3) is 0 Å². The fourth-order valence-electron chi connectivity index (χ4n) is 6.61. The number of rotatable bonds is 5. The molecule has 1 heterocycles. The smallest absolute Gasteiger partial charge is 0.221 e. The second-order valence-corrected chi connectivity index (χ2v) is 11.2. The lowest BCUT2D eigenvalue weighted by molar-refractivity contribution is -0.126. The second-order valence-electron chi connectivity index (χ2n) is 10.3. The van der Waals surface area contributed by atoms with Gasteiger partial charge in [0.05, 0.1) is 0 Å². The number of fused-ring (bicyclic) bond motifs is 1. The Bertz CT molecular complexity index is 894. The Labute approximate surface area is 207 Å². The molecule has 2 N–H and O–H groups in total. The number of hydrogen-bond acceptors (Lipinski definition) is 2. The van der Waals surface area contributed by atoms with Gasteiger partial charge in [-0.15, -0.1) is 0 Å². The molecule has 33 heavy (non-hydrogen) atoms. The molecule has 0 aromatic heterocycles. The summed E-state index contributed by atoms with van der Waals surface area (Å²) in [4.78, 5) is 12.5. The Kier molecular flexibility index (Phi) is 7.30. The quantitative estimate of drug-likeness (QED) is 0.494. The highest BCUT2D eigenvalue weighted by atomic mass is 35.5. The molecule has 1 amide bonds. The van der Waals surface area contributed by atoms with Gasteiger partial charge in [0.15, 0.2) is 0 Å². The Morgan fingerprint density at radius 1 is 0.818 bits per heavy atom. The minimum atomic E-state index is 0.218. The number of benzene rings is 2. The molecule has 1 saturated heterocycles. The van der Waals surface area contributed by atoms with Gasteiger partial charge in [0.2, 0.25) is 5.91 Å². The molecule has 176 valence electrons. The van der Waals surface area contributed by atoms with Crippen molar-refractivity contribution in [1.29, 1.82) is 0 Å². The minimum Gasteiger partial charge on any atom is -0.353 e. The zero-order valence-corrected chi connectivity index (χ0v) is 20.6. The lowest BCUT2D eigenvalue weighted by Crippen LogP contribution is -2.59. The predicted molar refractivity (Wildman–Crippen MR) is 136 cm³/mol. The van der Waals surface area contributed by atoms with Crippen molar-refractivity contribution < 1.29 is 4.79 Å². The first-order valence-electron chi connectivity index (χ1n) is 12.6. The SMILES string of the molecule is O=C1CC(NC2CCCCC2)C2CC(C(c3ccc(Cl)cc3)c3ccc(Cl)cc3)CCC2N1. The maximum absolute atomic E-state index is 12.5. The summed E-state index contributed by atoms with van der Waals surface area (Å²) in [7, 11) is 0. The van der Waals surface area contributed by atoms with Crippen molar-refractivity contribution in [3.63, 3.8) is 0 Å². The molecule has 3 nitrogen and oxygen atoms in total. The topological polar surface area (TPSA) is 41.1 Å². The van der Waals surface area contributed by atoms with E-state index in [1.807, 2.05) is 24.3 Å². The predicted octanol–water partition coefficient (Wildman–Crippen LogP) is 6.72. The number of amides is 1. The molecule has 0 bridgehead atoms. The molecular weight excluding hydrogens is 451 g/mol. The molecule has 5 rings (SSSR count). The third kappa shape index (κ3) is 5.42. The van der Waals surface area contributed by atoms with E-state index in [-0.39, 0.29) is 11.9 Å². The summed E-state index contributed by atoms with van der Waals surface area (Å²) in [5.41, 5.74) is 2.61. The van der Waals surface area contributed by atoms with Crippen LogP contribution in [0.1, 0.15) is 74.8 Å². The van der Waals surface area contributed by atoms with Crippen LogP contribution < -0.4 is 10.6 Å². The van der Waals surface area contributed by atoms with Gasteiger partial charge in [0.1, 0.15) is 0 Å². The number of hydrogen-bond donors (Lipinski definition) is 2. The van der Waals surface area contributed by atoms with Gasteiger partial charge in [0, 0.05) is 40.5 Å². The van der Waals surface area contributed by atoms with Gasteiger partial charge in [-0.05, 0) is 79.3 Å². The fourth-order valence-corrected chi connectivity index (χ4v) is 6.87. The Balaban J connectivity index is 1.41.